The Labute approximate surface area is 230 Å². The summed E-state index contributed by atoms with van der Waals surface area (Å²) in [6.07, 6.45) is 8.03. The standard InChI is InChI=1S/C33H48N2O3/c1-22(2)30-18-10-24(5)20-27(30)8-7-9-32(34-28-14-16-29(17-15-28)38-23(3)4)35-31-21-26(12-11-25(31)6)13-19-33(36)37/h11-12,14-17,21-24,27,30H,7-10,13,18-20H2,1-6H3,(H,34,35)(H,36,37)/t24-,27-,30+/m1/s1. The van der Waals surface area contributed by atoms with Gasteiger partial charge in [0.2, 0.25) is 0 Å². The first-order chi connectivity index (χ1) is 18.1. The molecule has 2 N–H and O–H groups in total. The number of rotatable bonds is 12. The smallest absolute Gasteiger partial charge is 0.303 e. The van der Waals surface area contributed by atoms with E-state index in [0.29, 0.717) is 6.42 Å². The molecule has 1 saturated carbocycles. The number of aliphatic imine (C=N–C) groups is 1. The minimum atomic E-state index is -0.778. The van der Waals surface area contributed by atoms with Crippen molar-refractivity contribution < 1.29 is 14.6 Å². The topological polar surface area (TPSA) is 70.9 Å². The SMILES string of the molecule is Cc1ccc(CCC(=O)O)cc1/N=C(\CCC[C@@H]1C[C@H](C)CC[C@H]1C(C)C)Nc1ccc(OC(C)C)cc1. The molecule has 0 radical (unpaired) electrons. The molecule has 1 aliphatic carbocycles. The van der Waals surface area contributed by atoms with Gasteiger partial charge in [-0.25, -0.2) is 4.99 Å². The van der Waals surface area contributed by atoms with Crippen LogP contribution in [0.15, 0.2) is 47.5 Å². The number of carboxylic acids is 1. The Morgan fingerprint density at radius 1 is 1.08 bits per heavy atom. The van der Waals surface area contributed by atoms with Crippen LogP contribution in [0.2, 0.25) is 0 Å². The first-order valence-corrected chi connectivity index (χ1v) is 14.5. The Morgan fingerprint density at radius 3 is 2.47 bits per heavy atom. The molecule has 3 rings (SSSR count). The van der Waals surface area contributed by atoms with E-state index in [9.17, 15) is 4.79 Å². The van der Waals surface area contributed by atoms with Crippen molar-refractivity contribution in [3.8, 4) is 5.75 Å². The van der Waals surface area contributed by atoms with Crippen LogP contribution in [0, 0.1) is 30.6 Å². The lowest BCUT2D eigenvalue weighted by Crippen LogP contribution is -2.27. The maximum atomic E-state index is 11.1. The highest BCUT2D eigenvalue weighted by Gasteiger charge is 2.30. The first kappa shape index (κ1) is 29.7. The molecule has 5 nitrogen and oxygen atoms in total. The van der Waals surface area contributed by atoms with E-state index in [-0.39, 0.29) is 12.5 Å². The zero-order valence-electron chi connectivity index (χ0n) is 24.3. The third-order valence-electron chi connectivity index (χ3n) is 7.82. The van der Waals surface area contributed by atoms with Gasteiger partial charge in [-0.15, -0.1) is 0 Å². The van der Waals surface area contributed by atoms with Gasteiger partial charge in [-0.05, 0) is 118 Å². The van der Waals surface area contributed by atoms with Gasteiger partial charge in [-0.3, -0.25) is 4.79 Å². The van der Waals surface area contributed by atoms with Crippen LogP contribution in [0.4, 0.5) is 11.4 Å². The number of benzene rings is 2. The van der Waals surface area contributed by atoms with E-state index in [1.165, 1.54) is 25.7 Å². The Kier molecular flexibility index (Phi) is 11.2. The summed E-state index contributed by atoms with van der Waals surface area (Å²) in [5.74, 6) is 4.20. The largest absolute Gasteiger partial charge is 0.491 e. The molecule has 1 fully saturated rings. The predicted molar refractivity (Wildman–Crippen MR) is 159 cm³/mol. The van der Waals surface area contributed by atoms with Crippen molar-refractivity contribution in [3.63, 3.8) is 0 Å². The van der Waals surface area contributed by atoms with Crippen molar-refractivity contribution in [3.05, 3.63) is 53.6 Å². The van der Waals surface area contributed by atoms with Crippen LogP contribution in [0.25, 0.3) is 0 Å². The highest BCUT2D eigenvalue weighted by Crippen LogP contribution is 2.40. The van der Waals surface area contributed by atoms with E-state index in [4.69, 9.17) is 14.8 Å². The third-order valence-corrected chi connectivity index (χ3v) is 7.82. The van der Waals surface area contributed by atoms with Crippen LogP contribution in [0.3, 0.4) is 0 Å². The number of aliphatic carboxylic acids is 1. The minimum Gasteiger partial charge on any atom is -0.491 e. The van der Waals surface area contributed by atoms with Crippen molar-refractivity contribution in [2.75, 3.05) is 5.32 Å². The molecular weight excluding hydrogens is 472 g/mol. The number of ether oxygens (including phenoxy) is 1. The fourth-order valence-electron chi connectivity index (χ4n) is 5.79. The van der Waals surface area contributed by atoms with E-state index in [2.05, 4.69) is 33.0 Å². The summed E-state index contributed by atoms with van der Waals surface area (Å²) in [6.45, 7) is 13.3. The molecule has 0 unspecified atom stereocenters. The molecule has 208 valence electrons. The summed E-state index contributed by atoms with van der Waals surface area (Å²) in [6, 6.07) is 14.2. The monoisotopic (exact) mass is 520 g/mol. The van der Waals surface area contributed by atoms with E-state index in [1.807, 2.05) is 56.3 Å². The summed E-state index contributed by atoms with van der Waals surface area (Å²) in [7, 11) is 0. The van der Waals surface area contributed by atoms with Crippen LogP contribution in [-0.2, 0) is 11.2 Å². The molecule has 0 spiro atoms. The summed E-state index contributed by atoms with van der Waals surface area (Å²) in [5, 5.41) is 12.7. The number of hydrogen-bond donors (Lipinski definition) is 2. The number of nitrogens with zero attached hydrogens (tertiary/aromatic N) is 1. The molecule has 2 aromatic rings. The zero-order valence-corrected chi connectivity index (χ0v) is 24.3. The second kappa shape index (κ2) is 14.4. The van der Waals surface area contributed by atoms with Crippen molar-refractivity contribution in [1.82, 2.24) is 0 Å². The van der Waals surface area contributed by atoms with Gasteiger partial charge in [-0.1, -0.05) is 39.3 Å². The van der Waals surface area contributed by atoms with Crippen molar-refractivity contribution in [2.24, 2.45) is 28.7 Å². The van der Waals surface area contributed by atoms with Crippen LogP contribution in [0.1, 0.15) is 90.7 Å². The Bertz CT molecular complexity index is 1060. The van der Waals surface area contributed by atoms with Crippen LogP contribution in [-0.4, -0.2) is 23.0 Å². The van der Waals surface area contributed by atoms with Gasteiger partial charge < -0.3 is 15.2 Å². The van der Waals surface area contributed by atoms with Crippen LogP contribution < -0.4 is 10.1 Å². The number of carboxylic acid groups (broad SMARTS) is 1. The number of carbonyl (C=O) groups is 1. The molecule has 0 aliphatic heterocycles. The molecule has 38 heavy (non-hydrogen) atoms. The average Bonchev–Trinajstić information content (AvgIpc) is 2.85. The third kappa shape index (κ3) is 9.49. The molecule has 0 bridgehead atoms. The normalized spacial score (nSPS) is 20.1. The molecule has 0 heterocycles. The fraction of sp³-hybridized carbons (Fsp3) is 0.576. The second-order valence-electron chi connectivity index (χ2n) is 11.9. The average molecular weight is 521 g/mol. The lowest BCUT2D eigenvalue weighted by atomic mass is 9.68. The first-order valence-electron chi connectivity index (χ1n) is 14.5. The van der Waals surface area contributed by atoms with Gasteiger partial charge in [0.05, 0.1) is 11.8 Å². The van der Waals surface area contributed by atoms with Gasteiger partial charge in [0.15, 0.2) is 0 Å². The molecule has 0 aromatic heterocycles. The minimum absolute atomic E-state index is 0.124. The van der Waals surface area contributed by atoms with Crippen molar-refractivity contribution in [1.29, 1.82) is 0 Å². The maximum absolute atomic E-state index is 11.1. The second-order valence-corrected chi connectivity index (χ2v) is 11.9. The highest BCUT2D eigenvalue weighted by molar-refractivity contribution is 5.97. The van der Waals surface area contributed by atoms with Gasteiger partial charge >= 0.3 is 5.97 Å². The number of hydrogen-bond acceptors (Lipinski definition) is 3. The fourth-order valence-corrected chi connectivity index (χ4v) is 5.79. The lowest BCUT2D eigenvalue weighted by Gasteiger charge is -2.37. The number of nitrogens with one attached hydrogen (secondary N) is 1. The summed E-state index contributed by atoms with van der Waals surface area (Å²) in [5.41, 5.74) is 3.99. The van der Waals surface area contributed by atoms with Crippen molar-refractivity contribution >= 4 is 23.2 Å². The quantitative estimate of drug-likeness (QED) is 0.217. The van der Waals surface area contributed by atoms with Gasteiger partial charge in [0.25, 0.3) is 0 Å². The Balaban J connectivity index is 1.78. The summed E-state index contributed by atoms with van der Waals surface area (Å²) in [4.78, 5) is 16.2. The van der Waals surface area contributed by atoms with Gasteiger partial charge in [0.1, 0.15) is 11.6 Å². The van der Waals surface area contributed by atoms with Crippen LogP contribution >= 0.6 is 0 Å². The number of amidine groups is 1. The van der Waals surface area contributed by atoms with Crippen molar-refractivity contribution in [2.45, 2.75) is 99.0 Å². The zero-order chi connectivity index (χ0) is 27.7. The van der Waals surface area contributed by atoms with Gasteiger partial charge in [0, 0.05) is 18.5 Å². The van der Waals surface area contributed by atoms with E-state index in [1.54, 1.807) is 0 Å². The molecule has 1 aliphatic rings. The number of aryl methyl sites for hydroxylation is 2. The maximum Gasteiger partial charge on any atom is 0.303 e. The summed E-state index contributed by atoms with van der Waals surface area (Å²) < 4.78 is 5.81. The molecule has 2 aromatic carbocycles. The Hall–Kier alpha value is -2.82. The number of anilines is 1. The van der Waals surface area contributed by atoms with E-state index < -0.39 is 5.97 Å². The van der Waals surface area contributed by atoms with E-state index >= 15 is 0 Å². The molecule has 0 amide bonds. The molecular formula is C33H48N2O3. The molecule has 0 saturated heterocycles. The van der Waals surface area contributed by atoms with Gasteiger partial charge in [-0.2, -0.15) is 0 Å². The van der Waals surface area contributed by atoms with Crippen LogP contribution in [0.5, 0.6) is 5.75 Å². The summed E-state index contributed by atoms with van der Waals surface area (Å²) >= 11 is 0. The molecule has 3 atom stereocenters. The highest BCUT2D eigenvalue weighted by atomic mass is 16.5. The molecule has 5 heteroatoms. The van der Waals surface area contributed by atoms with E-state index in [0.717, 1.165) is 70.6 Å². The lowest BCUT2D eigenvalue weighted by molar-refractivity contribution is -0.136. The Morgan fingerprint density at radius 2 is 1.82 bits per heavy atom. The predicted octanol–water partition coefficient (Wildman–Crippen LogP) is 8.82.